The number of aromatic nitrogens is 1. The zero-order valence-electron chi connectivity index (χ0n) is 7.11. The Morgan fingerprint density at radius 1 is 1.57 bits per heavy atom. The minimum absolute atomic E-state index is 0.272. The molecular formula is C7H8N4O2S. The zero-order chi connectivity index (χ0) is 10.1. The normalized spacial score (nSPS) is 21.6. The molecule has 0 radical (unpaired) electrons. The maximum Gasteiger partial charge on any atom is 0.321 e. The third-order valence-corrected chi connectivity index (χ3v) is 2.61. The lowest BCUT2D eigenvalue weighted by atomic mass is 10.0. The number of amides is 3. The number of hydrogen-bond donors (Lipinski definition) is 3. The first-order valence-corrected chi connectivity index (χ1v) is 4.84. The van der Waals surface area contributed by atoms with Crippen LogP contribution in [0, 0.1) is 0 Å². The summed E-state index contributed by atoms with van der Waals surface area (Å²) in [4.78, 5) is 26.1. The second kappa shape index (κ2) is 3.26. The molecule has 1 fully saturated rings. The molecule has 7 heteroatoms. The fourth-order valence-electron chi connectivity index (χ4n) is 1.23. The molecule has 1 aromatic heterocycles. The van der Waals surface area contributed by atoms with Crippen molar-refractivity contribution in [3.05, 3.63) is 11.1 Å². The van der Waals surface area contributed by atoms with E-state index >= 15 is 0 Å². The predicted molar refractivity (Wildman–Crippen MR) is 50.8 cm³/mol. The van der Waals surface area contributed by atoms with Crippen LogP contribution in [0.25, 0.3) is 0 Å². The minimum atomic E-state index is -0.463. The molecule has 1 aromatic rings. The van der Waals surface area contributed by atoms with E-state index in [2.05, 4.69) is 15.6 Å². The van der Waals surface area contributed by atoms with Gasteiger partial charge >= 0.3 is 6.03 Å². The van der Waals surface area contributed by atoms with Crippen molar-refractivity contribution in [3.8, 4) is 0 Å². The van der Waals surface area contributed by atoms with E-state index in [0.717, 1.165) is 0 Å². The topological polar surface area (TPSA) is 97.1 Å². The summed E-state index contributed by atoms with van der Waals surface area (Å²) in [6, 6.07) is -0.463. The van der Waals surface area contributed by atoms with Crippen molar-refractivity contribution in [1.82, 2.24) is 15.6 Å². The van der Waals surface area contributed by atoms with Gasteiger partial charge in [0.05, 0.1) is 11.6 Å². The number of thiazole rings is 1. The summed E-state index contributed by atoms with van der Waals surface area (Å²) in [6.45, 7) is 0.272. The number of anilines is 1. The number of nitrogen functional groups attached to an aromatic ring is 1. The minimum Gasteiger partial charge on any atom is -0.375 e. The lowest BCUT2D eigenvalue weighted by molar-refractivity contribution is -0.122. The monoisotopic (exact) mass is 212 g/mol. The smallest absolute Gasteiger partial charge is 0.321 e. The van der Waals surface area contributed by atoms with Crippen LogP contribution in [-0.4, -0.2) is 23.5 Å². The van der Waals surface area contributed by atoms with Crippen molar-refractivity contribution in [2.75, 3.05) is 12.3 Å². The van der Waals surface area contributed by atoms with Gasteiger partial charge in [-0.25, -0.2) is 9.78 Å². The molecule has 0 aliphatic carbocycles. The second-order valence-electron chi connectivity index (χ2n) is 2.86. The van der Waals surface area contributed by atoms with Crippen LogP contribution in [0.3, 0.4) is 0 Å². The van der Waals surface area contributed by atoms with E-state index in [9.17, 15) is 9.59 Å². The number of urea groups is 1. The number of rotatable bonds is 1. The molecule has 2 rings (SSSR count). The molecule has 0 bridgehead atoms. The molecule has 0 aromatic carbocycles. The first kappa shape index (κ1) is 8.95. The fraction of sp³-hybridized carbons (Fsp3) is 0.286. The number of hydrogen-bond acceptors (Lipinski definition) is 5. The Bertz CT molecular complexity index is 389. The number of nitrogens with one attached hydrogen (secondary N) is 2. The summed E-state index contributed by atoms with van der Waals surface area (Å²) >= 11 is 1.27. The summed E-state index contributed by atoms with van der Waals surface area (Å²) in [5.41, 5.74) is 6.05. The van der Waals surface area contributed by atoms with Gasteiger partial charge in [-0.05, 0) is 0 Å². The lowest BCUT2D eigenvalue weighted by Crippen LogP contribution is -2.51. The van der Waals surface area contributed by atoms with Gasteiger partial charge in [0.2, 0.25) is 5.91 Å². The second-order valence-corrected chi connectivity index (χ2v) is 3.75. The van der Waals surface area contributed by atoms with Gasteiger partial charge in [0, 0.05) is 11.9 Å². The molecule has 1 atom stereocenters. The van der Waals surface area contributed by atoms with Crippen molar-refractivity contribution in [2.24, 2.45) is 0 Å². The van der Waals surface area contributed by atoms with Crippen molar-refractivity contribution in [2.45, 2.75) is 5.92 Å². The van der Waals surface area contributed by atoms with Crippen LogP contribution in [0.4, 0.5) is 9.93 Å². The third kappa shape index (κ3) is 1.53. The van der Waals surface area contributed by atoms with E-state index in [4.69, 9.17) is 5.73 Å². The van der Waals surface area contributed by atoms with Crippen LogP contribution in [0.5, 0.6) is 0 Å². The van der Waals surface area contributed by atoms with Crippen LogP contribution < -0.4 is 16.4 Å². The molecule has 4 N–H and O–H groups in total. The summed E-state index contributed by atoms with van der Waals surface area (Å²) in [5, 5.41) is 6.84. The standard InChI is InChI=1S/C7H8N4O2S/c8-6-10-4(2-14-6)3-1-9-7(13)11-5(3)12/h2-3H,1H2,(H2,8,10)(H2,9,11,12,13). The highest BCUT2D eigenvalue weighted by Gasteiger charge is 2.29. The van der Waals surface area contributed by atoms with Crippen LogP contribution in [0.2, 0.25) is 0 Å². The summed E-state index contributed by atoms with van der Waals surface area (Å²) < 4.78 is 0. The number of carbonyl (C=O) groups excluding carboxylic acids is 2. The average molecular weight is 212 g/mol. The largest absolute Gasteiger partial charge is 0.375 e. The van der Waals surface area contributed by atoms with Gasteiger partial charge in [-0.1, -0.05) is 0 Å². The fourth-order valence-corrected chi connectivity index (χ4v) is 1.85. The van der Waals surface area contributed by atoms with Crippen molar-refractivity contribution >= 4 is 28.4 Å². The molecule has 1 aliphatic heterocycles. The molecule has 1 unspecified atom stereocenters. The Hall–Kier alpha value is -1.63. The van der Waals surface area contributed by atoms with Crippen molar-refractivity contribution in [3.63, 3.8) is 0 Å². The first-order chi connectivity index (χ1) is 6.66. The van der Waals surface area contributed by atoms with Gasteiger partial charge in [-0.15, -0.1) is 11.3 Å². The van der Waals surface area contributed by atoms with E-state index in [1.54, 1.807) is 5.38 Å². The molecular weight excluding hydrogens is 204 g/mol. The van der Waals surface area contributed by atoms with Crippen LogP contribution >= 0.6 is 11.3 Å². The van der Waals surface area contributed by atoms with Gasteiger partial charge < -0.3 is 11.1 Å². The molecule has 3 amide bonds. The van der Waals surface area contributed by atoms with E-state index in [1.165, 1.54) is 11.3 Å². The maximum atomic E-state index is 11.4. The predicted octanol–water partition coefficient (Wildman–Crippen LogP) is -0.352. The molecule has 6 nitrogen and oxygen atoms in total. The Morgan fingerprint density at radius 3 is 2.93 bits per heavy atom. The van der Waals surface area contributed by atoms with E-state index in [1.807, 2.05) is 0 Å². The van der Waals surface area contributed by atoms with Gasteiger partial charge in [-0.3, -0.25) is 10.1 Å². The molecule has 14 heavy (non-hydrogen) atoms. The molecule has 0 spiro atoms. The highest BCUT2D eigenvalue weighted by molar-refractivity contribution is 7.13. The first-order valence-electron chi connectivity index (χ1n) is 3.96. The molecule has 1 aliphatic rings. The van der Waals surface area contributed by atoms with Crippen LogP contribution in [0.1, 0.15) is 11.6 Å². The highest BCUT2D eigenvalue weighted by atomic mass is 32.1. The summed E-state index contributed by atoms with van der Waals surface area (Å²) in [7, 11) is 0. The van der Waals surface area contributed by atoms with Crippen molar-refractivity contribution < 1.29 is 9.59 Å². The Kier molecular flexibility index (Phi) is 2.08. The van der Waals surface area contributed by atoms with Crippen LogP contribution in [-0.2, 0) is 4.79 Å². The van der Waals surface area contributed by atoms with Crippen molar-refractivity contribution in [1.29, 1.82) is 0 Å². The van der Waals surface area contributed by atoms with E-state index in [-0.39, 0.29) is 12.5 Å². The lowest BCUT2D eigenvalue weighted by Gasteiger charge is -2.20. The Labute approximate surface area is 83.5 Å². The quantitative estimate of drug-likeness (QED) is 0.592. The zero-order valence-corrected chi connectivity index (χ0v) is 7.93. The maximum absolute atomic E-state index is 11.4. The van der Waals surface area contributed by atoms with Gasteiger partial charge in [0.1, 0.15) is 0 Å². The summed E-state index contributed by atoms with van der Waals surface area (Å²) in [6.07, 6.45) is 0. The molecule has 0 saturated carbocycles. The Balaban J connectivity index is 2.19. The van der Waals surface area contributed by atoms with E-state index in [0.29, 0.717) is 10.8 Å². The SMILES string of the molecule is Nc1nc(C2CNC(=O)NC2=O)cs1. The molecule has 74 valence electrons. The molecule has 1 saturated heterocycles. The average Bonchev–Trinajstić information content (AvgIpc) is 2.51. The van der Waals surface area contributed by atoms with Gasteiger partial charge in [0.25, 0.3) is 0 Å². The summed E-state index contributed by atoms with van der Waals surface area (Å²) in [5.74, 6) is -0.764. The number of nitrogens with zero attached hydrogens (tertiary/aromatic N) is 1. The number of carbonyl (C=O) groups is 2. The van der Waals surface area contributed by atoms with Crippen LogP contribution in [0.15, 0.2) is 5.38 Å². The van der Waals surface area contributed by atoms with Gasteiger partial charge in [-0.2, -0.15) is 0 Å². The van der Waals surface area contributed by atoms with Gasteiger partial charge in [0.15, 0.2) is 5.13 Å². The highest BCUT2D eigenvalue weighted by Crippen LogP contribution is 2.20. The van der Waals surface area contributed by atoms with E-state index < -0.39 is 11.9 Å². The number of imide groups is 1. The third-order valence-electron chi connectivity index (χ3n) is 1.92. The molecule has 2 heterocycles. The number of nitrogens with two attached hydrogens (primary N) is 1. The Morgan fingerprint density at radius 2 is 2.36 bits per heavy atom.